The van der Waals surface area contributed by atoms with Crippen LogP contribution in [0, 0.1) is 5.41 Å². The molecule has 1 aromatic rings. The highest BCUT2D eigenvalue weighted by atomic mass is 14.9. The van der Waals surface area contributed by atoms with Crippen molar-refractivity contribution >= 4 is 5.69 Å². The van der Waals surface area contributed by atoms with E-state index in [1.165, 1.54) is 11.1 Å². The maximum atomic E-state index is 3.89. The Morgan fingerprint density at radius 1 is 0.955 bits per heavy atom. The molecule has 0 heterocycles. The topological polar surface area (TPSA) is 12.0 Å². The fourth-order valence-electron chi connectivity index (χ4n) is 1.85. The zero-order valence-electron chi connectivity index (χ0n) is 15.2. The molecule has 1 heteroatoms. The highest BCUT2D eigenvalue weighted by Gasteiger charge is 2.13. The smallest absolute Gasteiger partial charge is 0.0384 e. The third-order valence-electron chi connectivity index (χ3n) is 3.96. The third-order valence-corrected chi connectivity index (χ3v) is 3.96. The summed E-state index contributed by atoms with van der Waals surface area (Å²) >= 11 is 0. The average molecular weight is 297 g/mol. The van der Waals surface area contributed by atoms with Gasteiger partial charge in [0.15, 0.2) is 0 Å². The molecule has 0 aliphatic rings. The lowest BCUT2D eigenvalue weighted by Gasteiger charge is -2.20. The summed E-state index contributed by atoms with van der Waals surface area (Å²) in [5.41, 5.74) is 5.15. The molecule has 0 aromatic heterocycles. The third kappa shape index (κ3) is 5.55. The Kier molecular flexibility index (Phi) is 5.82. The van der Waals surface area contributed by atoms with E-state index in [1.807, 2.05) is 6.08 Å². The first-order chi connectivity index (χ1) is 10.0. The second kappa shape index (κ2) is 7.00. The van der Waals surface area contributed by atoms with E-state index in [9.17, 15) is 0 Å². The van der Waals surface area contributed by atoms with Crippen LogP contribution in [0.5, 0.6) is 0 Å². The van der Waals surface area contributed by atoms with Crippen LogP contribution in [-0.2, 0) is 5.41 Å². The number of anilines is 1. The molecule has 0 radical (unpaired) electrons. The van der Waals surface area contributed by atoms with E-state index >= 15 is 0 Å². The van der Waals surface area contributed by atoms with Gasteiger partial charge in [-0.1, -0.05) is 71.9 Å². The monoisotopic (exact) mass is 297 g/mol. The second-order valence-corrected chi connectivity index (χ2v) is 7.88. The Labute approximate surface area is 136 Å². The van der Waals surface area contributed by atoms with Crippen LogP contribution in [0.1, 0.15) is 54.0 Å². The van der Waals surface area contributed by atoms with Crippen LogP contribution in [0.2, 0.25) is 0 Å². The minimum Gasteiger partial charge on any atom is -0.356 e. The fraction of sp³-hybridized carbons (Fsp3) is 0.429. The van der Waals surface area contributed by atoms with Crippen molar-refractivity contribution < 1.29 is 0 Å². The summed E-state index contributed by atoms with van der Waals surface area (Å²) in [6, 6.07) is 8.61. The predicted octanol–water partition coefficient (Wildman–Crippen LogP) is 6.46. The summed E-state index contributed by atoms with van der Waals surface area (Å²) < 4.78 is 0. The van der Waals surface area contributed by atoms with Gasteiger partial charge in [0.2, 0.25) is 0 Å². The normalized spacial score (nSPS) is 14.0. The molecule has 1 aromatic carbocycles. The van der Waals surface area contributed by atoms with Crippen LogP contribution in [0.15, 0.2) is 60.3 Å². The van der Waals surface area contributed by atoms with Crippen molar-refractivity contribution in [2.24, 2.45) is 5.41 Å². The molecule has 0 atom stereocenters. The molecule has 1 rings (SSSR count). The Balaban J connectivity index is 2.89. The Morgan fingerprint density at radius 2 is 1.50 bits per heavy atom. The van der Waals surface area contributed by atoms with Crippen molar-refractivity contribution in [3.63, 3.8) is 0 Å². The zero-order chi connectivity index (χ0) is 17.0. The highest BCUT2D eigenvalue weighted by molar-refractivity contribution is 5.52. The number of nitrogens with one attached hydrogen (secondary N) is 1. The van der Waals surface area contributed by atoms with E-state index in [-0.39, 0.29) is 10.8 Å². The van der Waals surface area contributed by atoms with Gasteiger partial charge in [-0.15, -0.1) is 0 Å². The lowest BCUT2D eigenvalue weighted by Crippen LogP contribution is -2.10. The van der Waals surface area contributed by atoms with Crippen LogP contribution < -0.4 is 5.32 Å². The Morgan fingerprint density at radius 3 is 1.91 bits per heavy atom. The van der Waals surface area contributed by atoms with Crippen LogP contribution in [0.4, 0.5) is 5.69 Å². The first-order valence-corrected chi connectivity index (χ1v) is 7.93. The van der Waals surface area contributed by atoms with Gasteiger partial charge >= 0.3 is 0 Å². The first-order valence-electron chi connectivity index (χ1n) is 7.93. The van der Waals surface area contributed by atoms with Crippen LogP contribution >= 0.6 is 0 Å². The molecule has 22 heavy (non-hydrogen) atoms. The molecular formula is C21H31N. The van der Waals surface area contributed by atoms with E-state index < -0.39 is 0 Å². The van der Waals surface area contributed by atoms with Crippen LogP contribution in [0.25, 0.3) is 0 Å². The molecule has 0 aliphatic carbocycles. The van der Waals surface area contributed by atoms with Crippen molar-refractivity contribution in [3.05, 3.63) is 65.9 Å². The van der Waals surface area contributed by atoms with Gasteiger partial charge in [-0.25, -0.2) is 0 Å². The standard InChI is InChI=1S/C21H31N/c1-9-18(13-10-16(2)20(3,4)5)22-19-14-11-17(12-15-19)21(6,7)8/h9-15,22H,1H2,2-8H3/b16-10+,18-13+. The summed E-state index contributed by atoms with van der Waals surface area (Å²) in [7, 11) is 0. The van der Waals surface area contributed by atoms with E-state index in [1.54, 1.807) is 0 Å². The predicted molar refractivity (Wildman–Crippen MR) is 100 cm³/mol. The van der Waals surface area contributed by atoms with Crippen molar-refractivity contribution in [1.82, 2.24) is 0 Å². The molecule has 120 valence electrons. The summed E-state index contributed by atoms with van der Waals surface area (Å²) in [6.07, 6.45) is 6.10. The fourth-order valence-corrected chi connectivity index (χ4v) is 1.85. The molecular weight excluding hydrogens is 266 g/mol. The number of rotatable bonds is 4. The van der Waals surface area contributed by atoms with E-state index in [2.05, 4.69) is 96.8 Å². The molecule has 0 unspecified atom stereocenters. The van der Waals surface area contributed by atoms with E-state index in [0.29, 0.717) is 0 Å². The van der Waals surface area contributed by atoms with Crippen molar-refractivity contribution in [1.29, 1.82) is 0 Å². The van der Waals surface area contributed by atoms with E-state index in [4.69, 9.17) is 0 Å². The molecule has 0 saturated heterocycles. The van der Waals surface area contributed by atoms with Gasteiger partial charge in [0.05, 0.1) is 0 Å². The SMILES string of the molecule is C=C/C(=C\C=C(/C)C(C)(C)C)Nc1ccc(C(C)(C)C)cc1. The van der Waals surface area contributed by atoms with Crippen molar-refractivity contribution in [2.45, 2.75) is 53.9 Å². The molecule has 0 amide bonds. The summed E-state index contributed by atoms with van der Waals surface area (Å²) in [5.74, 6) is 0. The maximum Gasteiger partial charge on any atom is 0.0384 e. The first kappa shape index (κ1) is 18.3. The minimum absolute atomic E-state index is 0.183. The summed E-state index contributed by atoms with van der Waals surface area (Å²) in [4.78, 5) is 0. The van der Waals surface area contributed by atoms with Crippen LogP contribution in [0.3, 0.4) is 0 Å². The van der Waals surface area contributed by atoms with Gasteiger partial charge in [-0.3, -0.25) is 0 Å². The molecule has 0 bridgehead atoms. The maximum absolute atomic E-state index is 3.89. The molecule has 0 saturated carbocycles. The highest BCUT2D eigenvalue weighted by Crippen LogP contribution is 2.25. The Bertz CT molecular complexity index is 557. The van der Waals surface area contributed by atoms with Crippen LogP contribution in [-0.4, -0.2) is 0 Å². The average Bonchev–Trinajstić information content (AvgIpc) is 2.41. The Hall–Kier alpha value is -1.76. The molecule has 0 aliphatic heterocycles. The van der Waals surface area contributed by atoms with Gasteiger partial charge in [-0.2, -0.15) is 0 Å². The number of benzene rings is 1. The minimum atomic E-state index is 0.183. The second-order valence-electron chi connectivity index (χ2n) is 7.88. The zero-order valence-corrected chi connectivity index (χ0v) is 15.2. The number of allylic oxidation sites excluding steroid dienone is 4. The largest absolute Gasteiger partial charge is 0.356 e. The molecule has 1 nitrogen and oxygen atoms in total. The summed E-state index contributed by atoms with van der Waals surface area (Å²) in [5, 5.41) is 3.41. The lowest BCUT2D eigenvalue weighted by molar-refractivity contribution is 0.504. The van der Waals surface area contributed by atoms with Gasteiger partial charge in [0, 0.05) is 11.4 Å². The summed E-state index contributed by atoms with van der Waals surface area (Å²) in [6.45, 7) is 19.4. The van der Waals surface area contributed by atoms with Crippen molar-refractivity contribution in [2.75, 3.05) is 5.32 Å². The van der Waals surface area contributed by atoms with Gasteiger partial charge in [0.25, 0.3) is 0 Å². The van der Waals surface area contributed by atoms with E-state index in [0.717, 1.165) is 11.4 Å². The van der Waals surface area contributed by atoms with Gasteiger partial charge in [0.1, 0.15) is 0 Å². The van der Waals surface area contributed by atoms with Gasteiger partial charge in [-0.05, 0) is 47.6 Å². The van der Waals surface area contributed by atoms with Crippen molar-refractivity contribution in [3.8, 4) is 0 Å². The molecule has 0 spiro atoms. The molecule has 0 fully saturated rings. The number of hydrogen-bond acceptors (Lipinski definition) is 1. The molecule has 1 N–H and O–H groups in total. The number of hydrogen-bond donors (Lipinski definition) is 1. The lowest BCUT2D eigenvalue weighted by atomic mass is 9.87. The van der Waals surface area contributed by atoms with Gasteiger partial charge < -0.3 is 5.32 Å². The quantitative estimate of drug-likeness (QED) is 0.629.